The summed E-state index contributed by atoms with van der Waals surface area (Å²) >= 11 is 0. The highest BCUT2D eigenvalue weighted by atomic mass is 32.2. The quantitative estimate of drug-likeness (QED) is 0.864. The number of sulfone groups is 1. The average Bonchev–Trinajstić information content (AvgIpc) is 2.90. The number of rotatable bonds is 4. The first-order valence-electron chi connectivity index (χ1n) is 5.96. The molecule has 6 heteroatoms. The Balaban J connectivity index is 2.13. The lowest BCUT2D eigenvalue weighted by molar-refractivity contribution is 0.0775. The van der Waals surface area contributed by atoms with E-state index >= 15 is 0 Å². The van der Waals surface area contributed by atoms with Gasteiger partial charge < -0.3 is 9.32 Å². The molecule has 106 valence electrons. The van der Waals surface area contributed by atoms with Crippen LogP contribution in [-0.4, -0.2) is 32.5 Å². The summed E-state index contributed by atoms with van der Waals surface area (Å²) in [5.74, 6) is 0.495. The van der Waals surface area contributed by atoms with E-state index in [1.54, 1.807) is 25.4 Å². The van der Waals surface area contributed by atoms with E-state index in [0.717, 1.165) is 6.26 Å². The van der Waals surface area contributed by atoms with E-state index in [1.807, 2.05) is 0 Å². The minimum Gasteiger partial charge on any atom is -0.467 e. The van der Waals surface area contributed by atoms with Crippen LogP contribution in [0, 0.1) is 0 Å². The van der Waals surface area contributed by atoms with E-state index in [2.05, 4.69) is 0 Å². The highest BCUT2D eigenvalue weighted by Gasteiger charge is 2.14. The molecule has 0 aliphatic heterocycles. The SMILES string of the molecule is CN(Cc1ccco1)C(=O)c1ccc(S(C)(=O)=O)cc1. The second-order valence-corrected chi connectivity index (χ2v) is 6.55. The normalized spacial score (nSPS) is 11.3. The average molecular weight is 293 g/mol. The zero-order chi connectivity index (χ0) is 14.8. The molecule has 0 aliphatic rings. The molecule has 0 N–H and O–H groups in total. The lowest BCUT2D eigenvalue weighted by Crippen LogP contribution is -2.25. The Kier molecular flexibility index (Phi) is 3.94. The van der Waals surface area contributed by atoms with Crippen molar-refractivity contribution in [2.75, 3.05) is 13.3 Å². The van der Waals surface area contributed by atoms with E-state index in [-0.39, 0.29) is 10.8 Å². The van der Waals surface area contributed by atoms with Gasteiger partial charge in [0.1, 0.15) is 5.76 Å². The molecule has 20 heavy (non-hydrogen) atoms. The fourth-order valence-corrected chi connectivity index (χ4v) is 2.40. The summed E-state index contributed by atoms with van der Waals surface area (Å²) in [6.45, 7) is 0.361. The van der Waals surface area contributed by atoms with E-state index < -0.39 is 9.84 Å². The summed E-state index contributed by atoms with van der Waals surface area (Å²) in [5, 5.41) is 0. The minimum atomic E-state index is -3.25. The fourth-order valence-electron chi connectivity index (χ4n) is 1.77. The first-order valence-corrected chi connectivity index (χ1v) is 7.85. The van der Waals surface area contributed by atoms with Gasteiger partial charge >= 0.3 is 0 Å². The van der Waals surface area contributed by atoms with Crippen LogP contribution in [0.4, 0.5) is 0 Å². The maximum atomic E-state index is 12.2. The predicted octanol–water partition coefficient (Wildman–Crippen LogP) is 1.96. The number of amides is 1. The van der Waals surface area contributed by atoms with Crippen LogP contribution in [0.25, 0.3) is 0 Å². The predicted molar refractivity (Wildman–Crippen MR) is 74.1 cm³/mol. The van der Waals surface area contributed by atoms with Gasteiger partial charge in [0.15, 0.2) is 9.84 Å². The van der Waals surface area contributed by atoms with Gasteiger partial charge in [0.05, 0.1) is 17.7 Å². The van der Waals surface area contributed by atoms with E-state index in [1.165, 1.54) is 29.2 Å². The first-order chi connectivity index (χ1) is 9.38. The lowest BCUT2D eigenvalue weighted by atomic mass is 10.2. The summed E-state index contributed by atoms with van der Waals surface area (Å²) in [6, 6.07) is 9.44. The molecule has 1 aromatic heterocycles. The molecule has 0 unspecified atom stereocenters. The topological polar surface area (TPSA) is 67.6 Å². The molecule has 0 aliphatic carbocycles. The van der Waals surface area contributed by atoms with Crippen molar-refractivity contribution in [3.8, 4) is 0 Å². The first kappa shape index (κ1) is 14.3. The second kappa shape index (κ2) is 5.50. The third kappa shape index (κ3) is 3.27. The monoisotopic (exact) mass is 293 g/mol. The standard InChI is InChI=1S/C14H15NO4S/c1-15(10-12-4-3-9-19-12)14(16)11-5-7-13(8-6-11)20(2,17)18/h3-9H,10H2,1-2H3. The molecule has 2 aromatic rings. The van der Waals surface area contributed by atoms with Gasteiger partial charge in [0.25, 0.3) is 5.91 Å². The molecule has 0 bridgehead atoms. The molecule has 0 fully saturated rings. The highest BCUT2D eigenvalue weighted by molar-refractivity contribution is 7.90. The van der Waals surface area contributed by atoms with E-state index in [4.69, 9.17) is 4.42 Å². The van der Waals surface area contributed by atoms with Gasteiger partial charge in [-0.1, -0.05) is 0 Å². The van der Waals surface area contributed by atoms with Crippen molar-refractivity contribution in [3.63, 3.8) is 0 Å². The largest absolute Gasteiger partial charge is 0.467 e. The molecule has 0 spiro atoms. The Morgan fingerprint density at radius 3 is 2.35 bits per heavy atom. The zero-order valence-corrected chi connectivity index (χ0v) is 12.1. The molecule has 1 heterocycles. The van der Waals surface area contributed by atoms with Gasteiger partial charge in [0.2, 0.25) is 0 Å². The zero-order valence-electron chi connectivity index (χ0n) is 11.2. The van der Waals surface area contributed by atoms with Crippen LogP contribution < -0.4 is 0 Å². The summed E-state index contributed by atoms with van der Waals surface area (Å²) in [5.41, 5.74) is 0.437. The van der Waals surface area contributed by atoms with E-state index in [0.29, 0.717) is 17.9 Å². The number of nitrogens with zero attached hydrogens (tertiary/aromatic N) is 1. The van der Waals surface area contributed by atoms with Gasteiger partial charge in [-0.2, -0.15) is 0 Å². The Hall–Kier alpha value is -2.08. The van der Waals surface area contributed by atoms with Crippen LogP contribution in [-0.2, 0) is 16.4 Å². The van der Waals surface area contributed by atoms with Crippen molar-refractivity contribution < 1.29 is 17.6 Å². The molecule has 1 amide bonds. The minimum absolute atomic E-state index is 0.193. The van der Waals surface area contributed by atoms with Gasteiger partial charge in [0, 0.05) is 18.9 Å². The van der Waals surface area contributed by atoms with Crippen LogP contribution in [0.1, 0.15) is 16.1 Å². The summed E-state index contributed by atoms with van der Waals surface area (Å²) in [4.78, 5) is 13.9. The van der Waals surface area contributed by atoms with Crippen molar-refractivity contribution in [2.45, 2.75) is 11.4 Å². The molecule has 0 saturated heterocycles. The summed E-state index contributed by atoms with van der Waals surface area (Å²) in [6.07, 6.45) is 2.68. The highest BCUT2D eigenvalue weighted by Crippen LogP contribution is 2.13. The Morgan fingerprint density at radius 1 is 1.20 bits per heavy atom. The summed E-state index contributed by atoms with van der Waals surface area (Å²) in [7, 11) is -1.58. The van der Waals surface area contributed by atoms with Crippen LogP contribution >= 0.6 is 0 Å². The Morgan fingerprint density at radius 2 is 1.85 bits per heavy atom. The van der Waals surface area contributed by atoms with Crippen LogP contribution in [0.15, 0.2) is 52.0 Å². The molecule has 2 rings (SSSR count). The number of hydrogen-bond donors (Lipinski definition) is 0. The maximum Gasteiger partial charge on any atom is 0.254 e. The number of furan rings is 1. The second-order valence-electron chi connectivity index (χ2n) is 4.54. The smallest absolute Gasteiger partial charge is 0.254 e. The van der Waals surface area contributed by atoms with Crippen molar-refractivity contribution in [2.24, 2.45) is 0 Å². The van der Waals surface area contributed by atoms with Gasteiger partial charge in [-0.3, -0.25) is 4.79 Å². The van der Waals surface area contributed by atoms with Crippen LogP contribution in [0.3, 0.4) is 0 Å². The molecular weight excluding hydrogens is 278 g/mol. The van der Waals surface area contributed by atoms with Gasteiger partial charge in [-0.05, 0) is 36.4 Å². The van der Waals surface area contributed by atoms with Gasteiger partial charge in [-0.15, -0.1) is 0 Å². The Labute approximate surface area is 117 Å². The molecular formula is C14H15NO4S. The number of carbonyl (C=O) groups is 1. The summed E-state index contributed by atoms with van der Waals surface area (Å²) < 4.78 is 27.9. The fraction of sp³-hybridized carbons (Fsp3) is 0.214. The van der Waals surface area contributed by atoms with Crippen molar-refractivity contribution in [1.82, 2.24) is 4.90 Å². The maximum absolute atomic E-state index is 12.2. The molecule has 0 atom stereocenters. The van der Waals surface area contributed by atoms with Crippen molar-refractivity contribution in [3.05, 3.63) is 54.0 Å². The van der Waals surface area contributed by atoms with Crippen LogP contribution in [0.2, 0.25) is 0 Å². The number of carbonyl (C=O) groups excluding carboxylic acids is 1. The van der Waals surface area contributed by atoms with E-state index in [9.17, 15) is 13.2 Å². The molecule has 0 radical (unpaired) electrons. The lowest BCUT2D eigenvalue weighted by Gasteiger charge is -2.15. The van der Waals surface area contributed by atoms with Crippen LogP contribution in [0.5, 0.6) is 0 Å². The number of benzene rings is 1. The van der Waals surface area contributed by atoms with Crippen molar-refractivity contribution in [1.29, 1.82) is 0 Å². The number of hydrogen-bond acceptors (Lipinski definition) is 4. The molecule has 1 aromatic carbocycles. The third-order valence-electron chi connectivity index (χ3n) is 2.85. The third-order valence-corrected chi connectivity index (χ3v) is 3.98. The van der Waals surface area contributed by atoms with Crippen molar-refractivity contribution >= 4 is 15.7 Å². The molecule has 0 saturated carbocycles. The Bertz CT molecular complexity index is 687. The van der Waals surface area contributed by atoms with Gasteiger partial charge in [-0.25, -0.2) is 8.42 Å². The molecule has 5 nitrogen and oxygen atoms in total.